The number of methoxy groups -OCH3 is 1. The monoisotopic (exact) mass is 602 g/mol. The first-order chi connectivity index (χ1) is 20.4. The standard InChI is InChI=1S/C28H41N7O4SSi/c1-28(2,3)41(7,8)33-40(6,37)35-16-22-23(17-35)39-27(31-22)20-10-9-11-21(25(20)38-5)30-19-14-24(34(4)29-15-19)32-26(36)18-12-13-18/h9-11,14-15,18,29-30H,12-13,16-17H2,1-8H3,(H,32,36)/t40-/m1/s1/i4D3. The Bertz CT molecular complexity index is 1630. The van der Waals surface area contributed by atoms with Gasteiger partial charge in [0.1, 0.15) is 11.6 Å². The first-order valence-electron chi connectivity index (χ1n) is 15.1. The summed E-state index contributed by atoms with van der Waals surface area (Å²) in [7, 11) is -3.24. The van der Waals surface area contributed by atoms with E-state index in [9.17, 15) is 9.00 Å². The highest BCUT2D eigenvalue weighted by atomic mass is 32.2. The molecule has 3 aliphatic rings. The number of benzene rings is 1. The van der Waals surface area contributed by atoms with Crippen LogP contribution in [0.1, 0.15) is 49.2 Å². The first kappa shape index (κ1) is 25.4. The second-order valence-electron chi connectivity index (χ2n) is 12.2. The summed E-state index contributed by atoms with van der Waals surface area (Å²) in [6.45, 7) is 8.89. The van der Waals surface area contributed by atoms with Crippen LogP contribution in [0.2, 0.25) is 18.1 Å². The third-order valence-corrected chi connectivity index (χ3v) is 16.0. The maximum Gasteiger partial charge on any atom is 0.230 e. The highest BCUT2D eigenvalue weighted by Crippen LogP contribution is 2.41. The second-order valence-corrected chi connectivity index (χ2v) is 19.6. The van der Waals surface area contributed by atoms with Crippen LogP contribution < -0.4 is 20.8 Å². The van der Waals surface area contributed by atoms with Crippen molar-refractivity contribution in [1.82, 2.24) is 25.0 Å². The summed E-state index contributed by atoms with van der Waals surface area (Å²) >= 11 is 0. The number of nitrogens with one attached hydrogen (secondary N) is 3. The van der Waals surface area contributed by atoms with Crippen molar-refractivity contribution in [2.45, 2.75) is 64.8 Å². The topological polar surface area (TPSA) is 124 Å². The van der Waals surface area contributed by atoms with Gasteiger partial charge in [-0.05, 0) is 43.1 Å². The lowest BCUT2D eigenvalue weighted by Gasteiger charge is -2.34. The van der Waals surface area contributed by atoms with Crippen LogP contribution in [0.5, 0.6) is 5.75 Å². The average molecular weight is 603 g/mol. The summed E-state index contributed by atoms with van der Waals surface area (Å²) in [5, 5.41) is 6.90. The van der Waals surface area contributed by atoms with Gasteiger partial charge in [0.05, 0.1) is 52.8 Å². The van der Waals surface area contributed by atoms with Gasteiger partial charge in [-0.25, -0.2) is 13.5 Å². The molecule has 0 unspecified atom stereocenters. The van der Waals surface area contributed by atoms with Gasteiger partial charge in [-0.2, -0.15) is 0 Å². The van der Waals surface area contributed by atoms with E-state index in [0.717, 1.165) is 17.9 Å². The molecule has 1 aliphatic carbocycles. The van der Waals surface area contributed by atoms with Crippen molar-refractivity contribution < 1.29 is 22.3 Å². The Morgan fingerprint density at radius 2 is 2.07 bits per heavy atom. The molecule has 11 nitrogen and oxygen atoms in total. The maximum atomic E-state index is 13.7. The predicted molar refractivity (Wildman–Crippen MR) is 163 cm³/mol. The van der Waals surface area contributed by atoms with Crippen molar-refractivity contribution in [2.24, 2.45) is 9.95 Å². The van der Waals surface area contributed by atoms with Gasteiger partial charge in [0.2, 0.25) is 11.8 Å². The van der Waals surface area contributed by atoms with Gasteiger partial charge in [0, 0.05) is 35.5 Å². The molecular weight excluding hydrogens is 559 g/mol. The summed E-state index contributed by atoms with van der Waals surface area (Å²) in [5.74, 6) is 1.28. The largest absolute Gasteiger partial charge is 0.494 e. The SMILES string of the molecule is [2H]C([2H])([2H])N1NC=C(Nc2cccc(-c3nc4c(o3)CN([S@](C)(=O)=N[Si](C)(C)C(C)(C)C)C4)c2OC)C=C1NC(=O)C1CC1. The highest BCUT2D eigenvalue weighted by Gasteiger charge is 2.39. The van der Waals surface area contributed by atoms with E-state index in [1.165, 1.54) is 13.3 Å². The second kappa shape index (κ2) is 10.5. The lowest BCUT2D eigenvalue weighted by molar-refractivity contribution is -0.122. The van der Waals surface area contributed by atoms with Crippen LogP contribution >= 0.6 is 0 Å². The predicted octanol–water partition coefficient (Wildman–Crippen LogP) is 4.75. The van der Waals surface area contributed by atoms with Crippen LogP contribution in [0.15, 0.2) is 50.4 Å². The number of carbonyl (C=O) groups is 1. The zero-order valence-corrected chi connectivity index (χ0v) is 26.4. The summed E-state index contributed by atoms with van der Waals surface area (Å²) in [5.41, 5.74) is 5.15. The van der Waals surface area contributed by atoms with Crippen molar-refractivity contribution in [3.05, 3.63) is 53.4 Å². The van der Waals surface area contributed by atoms with Crippen LogP contribution in [0.25, 0.3) is 11.5 Å². The lowest BCUT2D eigenvalue weighted by atomic mass is 10.1. The number of anilines is 1. The van der Waals surface area contributed by atoms with Crippen LogP contribution in [0.4, 0.5) is 5.69 Å². The Balaban J connectivity index is 1.37. The highest BCUT2D eigenvalue weighted by molar-refractivity contribution is 7.91. The summed E-state index contributed by atoms with van der Waals surface area (Å²) in [4.78, 5) is 17.2. The zero-order chi connectivity index (χ0) is 32.2. The molecule has 0 bridgehead atoms. The quantitative estimate of drug-likeness (QED) is 0.370. The van der Waals surface area contributed by atoms with Crippen molar-refractivity contribution >= 4 is 29.7 Å². The molecule has 1 amide bonds. The van der Waals surface area contributed by atoms with Crippen LogP contribution in [0.3, 0.4) is 0 Å². The van der Waals surface area contributed by atoms with E-state index in [1.54, 1.807) is 12.3 Å². The number of amides is 1. The Kier molecular flexibility index (Phi) is 6.52. The van der Waals surface area contributed by atoms with E-state index in [0.29, 0.717) is 53.1 Å². The van der Waals surface area contributed by atoms with Gasteiger partial charge in [-0.3, -0.25) is 13.8 Å². The Hall–Kier alpha value is -3.29. The summed E-state index contributed by atoms with van der Waals surface area (Å²) in [6, 6.07) is 5.46. The van der Waals surface area contributed by atoms with Crippen LogP contribution in [-0.2, 0) is 27.8 Å². The normalized spacial score (nSPS) is 20.4. The number of oxazole rings is 1. The number of fused-ring (bicyclic) bond motifs is 1. The summed E-state index contributed by atoms with van der Waals surface area (Å²) in [6.07, 6.45) is 6.33. The molecule has 5 rings (SSSR count). The van der Waals surface area contributed by atoms with E-state index >= 15 is 0 Å². The fourth-order valence-electron chi connectivity index (χ4n) is 4.36. The molecule has 0 radical (unpaired) electrons. The van der Waals surface area contributed by atoms with Gasteiger partial charge in [-0.15, -0.1) is 0 Å². The third-order valence-electron chi connectivity index (χ3n) is 7.95. The fraction of sp³-hybridized carbons (Fsp3) is 0.500. The van der Waals surface area contributed by atoms with E-state index < -0.39 is 25.1 Å². The number of allylic oxidation sites excluding steroid dienone is 1. The third kappa shape index (κ3) is 6.02. The number of hydrazine groups is 1. The molecule has 41 heavy (non-hydrogen) atoms. The van der Waals surface area contributed by atoms with Crippen molar-refractivity contribution in [3.8, 4) is 17.2 Å². The number of nitrogens with zero attached hydrogens (tertiary/aromatic N) is 4. The number of carbonyl (C=O) groups excluding carboxylic acids is 1. The molecule has 2 aromatic rings. The molecule has 0 saturated heterocycles. The fourth-order valence-corrected chi connectivity index (χ4v) is 10.0. The summed E-state index contributed by atoms with van der Waals surface area (Å²) < 4.78 is 56.0. The van der Waals surface area contributed by atoms with Crippen molar-refractivity contribution in [2.75, 3.05) is 25.7 Å². The first-order valence-corrected chi connectivity index (χ1v) is 18.4. The Morgan fingerprint density at radius 1 is 1.32 bits per heavy atom. The van der Waals surface area contributed by atoms with Gasteiger partial charge in [0.25, 0.3) is 0 Å². The molecule has 1 aromatic carbocycles. The molecule has 13 heteroatoms. The number of rotatable bonds is 8. The van der Waals surface area contributed by atoms with Gasteiger partial charge in [-0.1, -0.05) is 26.8 Å². The van der Waals surface area contributed by atoms with E-state index in [-0.39, 0.29) is 22.7 Å². The number of hydrogen-bond donors (Lipinski definition) is 3. The molecule has 1 atom stereocenters. The minimum absolute atomic E-state index is 0.0283. The van der Waals surface area contributed by atoms with Crippen LogP contribution in [-0.4, -0.2) is 53.0 Å². The molecule has 1 aromatic heterocycles. The van der Waals surface area contributed by atoms with Gasteiger partial charge < -0.3 is 25.2 Å². The van der Waals surface area contributed by atoms with Gasteiger partial charge >= 0.3 is 0 Å². The number of ether oxygens (including phenoxy) is 1. The maximum absolute atomic E-state index is 13.7. The molecule has 1 fully saturated rings. The molecule has 222 valence electrons. The molecule has 3 N–H and O–H groups in total. The molecule has 2 aliphatic heterocycles. The van der Waals surface area contributed by atoms with E-state index in [4.69, 9.17) is 22.3 Å². The lowest BCUT2D eigenvalue weighted by Crippen LogP contribution is -2.41. The van der Waals surface area contributed by atoms with Crippen LogP contribution in [0, 0.1) is 5.92 Å². The Labute approximate surface area is 248 Å². The molecule has 3 heterocycles. The Morgan fingerprint density at radius 3 is 2.71 bits per heavy atom. The number of para-hydroxylation sites is 1. The minimum Gasteiger partial charge on any atom is -0.494 e. The number of hydrogen-bond acceptors (Lipinski definition) is 9. The number of aromatic nitrogens is 1. The van der Waals surface area contributed by atoms with Gasteiger partial charge in [0.15, 0.2) is 14.0 Å². The van der Waals surface area contributed by atoms with Crippen molar-refractivity contribution in [1.29, 1.82) is 0 Å². The smallest absolute Gasteiger partial charge is 0.230 e. The van der Waals surface area contributed by atoms with E-state index in [1.807, 2.05) is 22.5 Å². The molecule has 1 saturated carbocycles. The average Bonchev–Trinajstić information content (AvgIpc) is 3.56. The van der Waals surface area contributed by atoms with Crippen molar-refractivity contribution in [3.63, 3.8) is 0 Å². The minimum atomic E-state index is -2.63. The molecule has 0 spiro atoms. The van der Waals surface area contributed by atoms with E-state index in [2.05, 4.69) is 49.9 Å². The molecular formula is C28H41N7O4SSi. The zero-order valence-electron chi connectivity index (χ0n) is 27.6.